The molecule has 1 atom stereocenters. The highest BCUT2D eigenvalue weighted by molar-refractivity contribution is 7.89. The number of sulfonamides is 1. The molecule has 0 N–H and O–H groups in total. The van der Waals surface area contributed by atoms with E-state index in [0.29, 0.717) is 11.4 Å². The largest absolute Gasteiger partial charge is 0.243 e. The van der Waals surface area contributed by atoms with Crippen LogP contribution < -0.4 is 0 Å². The van der Waals surface area contributed by atoms with Gasteiger partial charge in [0.05, 0.1) is 4.90 Å². The molecular weight excluding hydrogens is 306 g/mol. The molecule has 122 valence electrons. The van der Waals surface area contributed by atoms with Crippen molar-refractivity contribution in [1.29, 1.82) is 0 Å². The second kappa shape index (κ2) is 6.46. The predicted molar refractivity (Wildman–Crippen MR) is 93.0 cm³/mol. The molecule has 1 heterocycles. The molecule has 2 aromatic carbocycles. The summed E-state index contributed by atoms with van der Waals surface area (Å²) < 4.78 is 27.5. The van der Waals surface area contributed by atoms with Gasteiger partial charge in [-0.05, 0) is 50.8 Å². The first-order valence-corrected chi connectivity index (χ1v) is 9.55. The quantitative estimate of drug-likeness (QED) is 0.858. The molecule has 1 fully saturated rings. The summed E-state index contributed by atoms with van der Waals surface area (Å²) >= 11 is 0. The maximum atomic E-state index is 12.9. The van der Waals surface area contributed by atoms with E-state index in [1.165, 1.54) is 11.1 Å². The highest BCUT2D eigenvalue weighted by Gasteiger charge is 2.35. The van der Waals surface area contributed by atoms with Crippen LogP contribution in [0.3, 0.4) is 0 Å². The average Bonchev–Trinajstić information content (AvgIpc) is 2.99. The molecule has 1 saturated heterocycles. The van der Waals surface area contributed by atoms with Gasteiger partial charge >= 0.3 is 0 Å². The van der Waals surface area contributed by atoms with E-state index < -0.39 is 10.0 Å². The van der Waals surface area contributed by atoms with Crippen LogP contribution in [-0.2, 0) is 16.4 Å². The molecule has 1 aliphatic heterocycles. The van der Waals surface area contributed by atoms with Gasteiger partial charge in [0.25, 0.3) is 0 Å². The molecule has 2 aromatic rings. The fourth-order valence-electron chi connectivity index (χ4n) is 3.17. The standard InChI is InChI=1S/C19H23NO2S/c1-15-5-9-17(10-6-15)14-18-4-3-13-20(18)23(21,22)19-11-7-16(2)8-12-19/h5-12,18H,3-4,13-14H2,1-2H3. The van der Waals surface area contributed by atoms with Crippen LogP contribution in [0.4, 0.5) is 0 Å². The first-order chi connectivity index (χ1) is 11.0. The Hall–Kier alpha value is -1.65. The van der Waals surface area contributed by atoms with Crippen LogP contribution in [-0.4, -0.2) is 25.3 Å². The van der Waals surface area contributed by atoms with Crippen LogP contribution in [0.5, 0.6) is 0 Å². The van der Waals surface area contributed by atoms with Crippen molar-refractivity contribution in [3.05, 3.63) is 65.2 Å². The summed E-state index contributed by atoms with van der Waals surface area (Å²) in [6.45, 7) is 4.65. The highest BCUT2D eigenvalue weighted by Crippen LogP contribution is 2.28. The predicted octanol–water partition coefficient (Wildman–Crippen LogP) is 3.70. The molecule has 0 aromatic heterocycles. The lowest BCUT2D eigenvalue weighted by molar-refractivity contribution is 0.385. The van der Waals surface area contributed by atoms with Crippen LogP contribution in [0.25, 0.3) is 0 Å². The Morgan fingerprint density at radius 2 is 1.52 bits per heavy atom. The third-order valence-corrected chi connectivity index (χ3v) is 6.51. The first kappa shape index (κ1) is 16.2. The van der Waals surface area contributed by atoms with Crippen LogP contribution in [0.1, 0.15) is 29.5 Å². The van der Waals surface area contributed by atoms with Gasteiger partial charge in [-0.25, -0.2) is 8.42 Å². The summed E-state index contributed by atoms with van der Waals surface area (Å²) in [4.78, 5) is 0.402. The molecule has 0 spiro atoms. The minimum Gasteiger partial charge on any atom is -0.207 e. The van der Waals surface area contributed by atoms with Crippen LogP contribution >= 0.6 is 0 Å². The summed E-state index contributed by atoms with van der Waals surface area (Å²) in [5.74, 6) is 0. The van der Waals surface area contributed by atoms with Crippen molar-refractivity contribution in [2.24, 2.45) is 0 Å². The van der Waals surface area contributed by atoms with Gasteiger partial charge in [0, 0.05) is 12.6 Å². The molecule has 1 unspecified atom stereocenters. The zero-order valence-electron chi connectivity index (χ0n) is 13.7. The number of benzene rings is 2. The Bertz CT molecular complexity index is 764. The molecular formula is C19H23NO2S. The highest BCUT2D eigenvalue weighted by atomic mass is 32.2. The van der Waals surface area contributed by atoms with E-state index in [9.17, 15) is 8.42 Å². The van der Waals surface area contributed by atoms with Gasteiger partial charge in [-0.1, -0.05) is 47.5 Å². The van der Waals surface area contributed by atoms with E-state index in [2.05, 4.69) is 31.2 Å². The second-order valence-corrected chi connectivity index (χ2v) is 8.31. The Balaban J connectivity index is 1.83. The zero-order chi connectivity index (χ0) is 16.4. The molecule has 0 aliphatic carbocycles. The lowest BCUT2D eigenvalue weighted by atomic mass is 10.0. The summed E-state index contributed by atoms with van der Waals surface area (Å²) in [5.41, 5.74) is 3.50. The van der Waals surface area contributed by atoms with Crippen LogP contribution in [0, 0.1) is 13.8 Å². The third kappa shape index (κ3) is 3.48. The summed E-state index contributed by atoms with van der Waals surface area (Å²) in [7, 11) is -3.40. The van der Waals surface area contributed by atoms with Gasteiger partial charge in [0.1, 0.15) is 0 Å². The number of hydrogen-bond acceptors (Lipinski definition) is 2. The van der Waals surface area contributed by atoms with Gasteiger partial charge in [-0.15, -0.1) is 0 Å². The van der Waals surface area contributed by atoms with E-state index in [0.717, 1.165) is 24.8 Å². The summed E-state index contributed by atoms with van der Waals surface area (Å²) in [6, 6.07) is 15.6. The SMILES string of the molecule is Cc1ccc(CC2CCCN2S(=O)(=O)c2ccc(C)cc2)cc1. The van der Waals surface area contributed by atoms with Crippen molar-refractivity contribution in [2.75, 3.05) is 6.54 Å². The van der Waals surface area contributed by atoms with Crippen molar-refractivity contribution < 1.29 is 8.42 Å². The maximum absolute atomic E-state index is 12.9. The number of nitrogens with zero attached hydrogens (tertiary/aromatic N) is 1. The smallest absolute Gasteiger partial charge is 0.207 e. The van der Waals surface area contributed by atoms with Crippen molar-refractivity contribution in [1.82, 2.24) is 4.31 Å². The lowest BCUT2D eigenvalue weighted by Gasteiger charge is -2.24. The summed E-state index contributed by atoms with van der Waals surface area (Å²) in [5, 5.41) is 0. The van der Waals surface area contributed by atoms with E-state index in [1.807, 2.05) is 19.1 Å². The number of aryl methyl sites for hydroxylation is 2. The van der Waals surface area contributed by atoms with Crippen molar-refractivity contribution in [3.63, 3.8) is 0 Å². The van der Waals surface area contributed by atoms with Gasteiger partial charge in [0.15, 0.2) is 0 Å². The molecule has 1 aliphatic rings. The normalized spacial score (nSPS) is 19.1. The van der Waals surface area contributed by atoms with Crippen LogP contribution in [0.2, 0.25) is 0 Å². The van der Waals surface area contributed by atoms with Gasteiger partial charge in [-0.3, -0.25) is 0 Å². The molecule has 0 saturated carbocycles. The minimum absolute atomic E-state index is 0.0593. The van der Waals surface area contributed by atoms with Crippen molar-refractivity contribution >= 4 is 10.0 Å². The molecule has 23 heavy (non-hydrogen) atoms. The Kier molecular flexibility index (Phi) is 4.55. The second-order valence-electron chi connectivity index (χ2n) is 6.41. The average molecular weight is 329 g/mol. The molecule has 0 radical (unpaired) electrons. The van der Waals surface area contributed by atoms with Gasteiger partial charge < -0.3 is 0 Å². The van der Waals surface area contributed by atoms with Crippen molar-refractivity contribution in [3.8, 4) is 0 Å². The fourth-order valence-corrected chi connectivity index (χ4v) is 4.86. The summed E-state index contributed by atoms with van der Waals surface area (Å²) in [6.07, 6.45) is 2.64. The maximum Gasteiger partial charge on any atom is 0.243 e. The fraction of sp³-hybridized carbons (Fsp3) is 0.368. The number of hydrogen-bond donors (Lipinski definition) is 0. The first-order valence-electron chi connectivity index (χ1n) is 8.11. The Morgan fingerprint density at radius 3 is 2.13 bits per heavy atom. The van der Waals surface area contributed by atoms with E-state index in [1.54, 1.807) is 16.4 Å². The zero-order valence-corrected chi connectivity index (χ0v) is 14.5. The molecule has 3 rings (SSSR count). The van der Waals surface area contributed by atoms with Gasteiger partial charge in [-0.2, -0.15) is 4.31 Å². The minimum atomic E-state index is -3.40. The monoisotopic (exact) mass is 329 g/mol. The number of rotatable bonds is 4. The Morgan fingerprint density at radius 1 is 0.957 bits per heavy atom. The lowest BCUT2D eigenvalue weighted by Crippen LogP contribution is -2.36. The Labute approximate surface area is 139 Å². The van der Waals surface area contributed by atoms with E-state index in [4.69, 9.17) is 0 Å². The third-order valence-electron chi connectivity index (χ3n) is 4.54. The molecule has 0 amide bonds. The topological polar surface area (TPSA) is 37.4 Å². The van der Waals surface area contributed by atoms with Gasteiger partial charge in [0.2, 0.25) is 10.0 Å². The van der Waals surface area contributed by atoms with E-state index >= 15 is 0 Å². The molecule has 3 nitrogen and oxygen atoms in total. The van der Waals surface area contributed by atoms with Crippen LogP contribution in [0.15, 0.2) is 53.4 Å². The molecule has 4 heteroatoms. The molecule has 0 bridgehead atoms. The van der Waals surface area contributed by atoms with Crippen molar-refractivity contribution in [2.45, 2.75) is 44.0 Å². The van der Waals surface area contributed by atoms with E-state index in [-0.39, 0.29) is 6.04 Å².